The van der Waals surface area contributed by atoms with E-state index in [1.807, 2.05) is 13.8 Å². The number of rotatable bonds is 2. The molecule has 1 N–H and O–H groups in total. The molecule has 0 atom stereocenters. The Bertz CT molecular complexity index is 70.8. The zero-order chi connectivity index (χ0) is 5.86. The molecule has 0 aromatic heterocycles. The fourth-order valence-electron chi connectivity index (χ4n) is 0.349. The molecule has 0 rings (SSSR count). The number of carboxylic acids is 1. The summed E-state index contributed by atoms with van der Waals surface area (Å²) in [4.78, 5) is 9.81. The normalized spacial score (nSPS) is 8.38. The maximum absolute atomic E-state index is 9.81. The zero-order valence-electron chi connectivity index (χ0n) is 5.64. The Morgan fingerprint density at radius 3 is 2.00 bits per heavy atom. The van der Waals surface area contributed by atoms with Crippen LogP contribution < -0.4 is 0 Å². The van der Waals surface area contributed by atoms with E-state index in [4.69, 9.17) is 5.11 Å². The van der Waals surface area contributed by atoms with Crippen LogP contribution in [0.2, 0.25) is 0 Å². The van der Waals surface area contributed by atoms with Gasteiger partial charge in [0.15, 0.2) is 0 Å². The summed E-state index contributed by atoms with van der Waals surface area (Å²) in [6.45, 7) is 3.77. The van der Waals surface area contributed by atoms with Gasteiger partial charge in [0.1, 0.15) is 0 Å². The van der Waals surface area contributed by atoms with Crippen molar-refractivity contribution in [3.8, 4) is 0 Å². The number of carboxylic acid groups (broad SMARTS) is 1. The number of hydrogen-bond acceptors (Lipinski definition) is 1. The summed E-state index contributed by atoms with van der Waals surface area (Å²) in [5.74, 6) is -0.438. The van der Waals surface area contributed by atoms with E-state index in [0.717, 1.165) is 0 Å². The summed E-state index contributed by atoms with van der Waals surface area (Å²) >= 11 is 0. The van der Waals surface area contributed by atoms with Gasteiger partial charge < -0.3 is 5.11 Å². The van der Waals surface area contributed by atoms with Crippen LogP contribution in [0.25, 0.3) is 0 Å². The molecule has 8 heavy (non-hydrogen) atoms. The molecule has 2 nitrogen and oxygen atoms in total. The van der Waals surface area contributed by atoms with Gasteiger partial charge in [-0.2, -0.15) is 0 Å². The van der Waals surface area contributed by atoms with Gasteiger partial charge in [0.2, 0.25) is 0 Å². The first-order chi connectivity index (χ1) is 3.13. The first-order valence-corrected chi connectivity index (χ1v) is 2.34. The first-order valence-electron chi connectivity index (χ1n) is 2.34. The van der Waals surface area contributed by atoms with Crippen molar-refractivity contribution in [3.05, 3.63) is 0 Å². The standard InChI is InChI=1S/C5H10O2.Na/c1-4(2)3-5(6)7;/h4H,3H2,1-2H3,(H,6,7);/i5+1;. The third kappa shape index (κ3) is 9.69. The van der Waals surface area contributed by atoms with E-state index in [9.17, 15) is 4.79 Å². The average molecular weight is 126 g/mol. The third-order valence-corrected chi connectivity index (χ3v) is 0.583. The predicted molar refractivity (Wildman–Crippen MR) is 32.8 cm³/mol. The summed E-state index contributed by atoms with van der Waals surface area (Å²) < 4.78 is 0. The zero-order valence-corrected chi connectivity index (χ0v) is 7.64. The molecule has 0 heterocycles. The number of hydrogen-bond donors (Lipinski definition) is 1. The molecule has 0 aliphatic carbocycles. The number of aliphatic carboxylic acids is 1. The number of carbonyl (C=O) groups is 1. The minimum absolute atomic E-state index is 0. The molecule has 0 bridgehead atoms. The molecule has 0 aliphatic rings. The molecule has 0 aromatic rings. The Hall–Kier alpha value is 0.470. The summed E-state index contributed by atoms with van der Waals surface area (Å²) in [5.41, 5.74) is 0. The van der Waals surface area contributed by atoms with Crippen LogP contribution in [0.5, 0.6) is 0 Å². The van der Waals surface area contributed by atoms with Gasteiger partial charge in [-0.1, -0.05) is 13.8 Å². The van der Waals surface area contributed by atoms with Crippen LogP contribution in [0.3, 0.4) is 0 Å². The van der Waals surface area contributed by atoms with E-state index in [0.29, 0.717) is 0 Å². The Morgan fingerprint density at radius 1 is 1.62 bits per heavy atom. The summed E-state index contributed by atoms with van der Waals surface area (Å²) in [5, 5.41) is 8.08. The molecule has 0 aromatic carbocycles. The molecule has 0 unspecified atom stereocenters. The second-order valence-electron chi connectivity index (χ2n) is 1.99. The Labute approximate surface area is 71.6 Å². The summed E-state index contributed by atoms with van der Waals surface area (Å²) in [7, 11) is 0. The van der Waals surface area contributed by atoms with Crippen LogP contribution in [0.1, 0.15) is 20.3 Å². The molecule has 3 heteroatoms. The van der Waals surface area contributed by atoms with Crippen LogP contribution in [0.4, 0.5) is 0 Å². The summed E-state index contributed by atoms with van der Waals surface area (Å²) in [6, 6.07) is 0. The largest absolute Gasteiger partial charge is 0.481 e. The second kappa shape index (κ2) is 5.60. The van der Waals surface area contributed by atoms with Gasteiger partial charge in [-0.05, 0) is 5.92 Å². The van der Waals surface area contributed by atoms with Crippen molar-refractivity contribution in [3.63, 3.8) is 0 Å². The van der Waals surface area contributed by atoms with E-state index in [1.165, 1.54) is 0 Å². The minimum Gasteiger partial charge on any atom is -0.481 e. The monoisotopic (exact) mass is 126 g/mol. The third-order valence-electron chi connectivity index (χ3n) is 0.583. The van der Waals surface area contributed by atoms with Gasteiger partial charge >= 0.3 is 5.97 Å². The molecule has 0 amide bonds. The van der Waals surface area contributed by atoms with Crippen molar-refractivity contribution < 1.29 is 9.90 Å². The van der Waals surface area contributed by atoms with E-state index < -0.39 is 5.97 Å². The molecular weight excluding hydrogens is 116 g/mol. The van der Waals surface area contributed by atoms with Crippen LogP contribution >= 0.6 is 0 Å². The van der Waals surface area contributed by atoms with Gasteiger partial charge in [0, 0.05) is 36.0 Å². The first kappa shape index (κ1) is 11.3. The van der Waals surface area contributed by atoms with Crippen molar-refractivity contribution in [2.45, 2.75) is 20.3 Å². The minimum atomic E-state index is -0.713. The van der Waals surface area contributed by atoms with E-state index >= 15 is 0 Å². The molecule has 0 aliphatic heterocycles. The van der Waals surface area contributed by atoms with Gasteiger partial charge in [-0.25, -0.2) is 0 Å². The second-order valence-corrected chi connectivity index (χ2v) is 1.99. The van der Waals surface area contributed by atoms with Crippen molar-refractivity contribution in [1.82, 2.24) is 0 Å². The topological polar surface area (TPSA) is 37.3 Å². The van der Waals surface area contributed by atoms with Crippen molar-refractivity contribution in [2.24, 2.45) is 5.92 Å². The smallest absolute Gasteiger partial charge is 0.303 e. The van der Waals surface area contributed by atoms with Gasteiger partial charge in [0.05, 0.1) is 0 Å². The van der Waals surface area contributed by atoms with E-state index in [2.05, 4.69) is 0 Å². The van der Waals surface area contributed by atoms with Crippen LogP contribution in [-0.2, 0) is 4.79 Å². The van der Waals surface area contributed by atoms with E-state index in [1.54, 1.807) is 0 Å². The fourth-order valence-corrected chi connectivity index (χ4v) is 0.349. The Balaban J connectivity index is 0. The van der Waals surface area contributed by atoms with Crippen LogP contribution in [0.15, 0.2) is 0 Å². The maximum atomic E-state index is 9.81. The average Bonchev–Trinajstić information content (AvgIpc) is 1.27. The SMILES string of the molecule is CC(C)C[13C](=O)O.[Na]. The quantitative estimate of drug-likeness (QED) is 0.437. The van der Waals surface area contributed by atoms with Crippen molar-refractivity contribution >= 4 is 35.5 Å². The van der Waals surface area contributed by atoms with E-state index in [-0.39, 0.29) is 41.9 Å². The van der Waals surface area contributed by atoms with Gasteiger partial charge in [0.25, 0.3) is 0 Å². The molecule has 0 saturated carbocycles. The molecule has 0 spiro atoms. The van der Waals surface area contributed by atoms with Crippen molar-refractivity contribution in [2.75, 3.05) is 0 Å². The van der Waals surface area contributed by atoms with Crippen molar-refractivity contribution in [1.29, 1.82) is 0 Å². The van der Waals surface area contributed by atoms with Crippen LogP contribution in [-0.4, -0.2) is 40.6 Å². The molecule has 1 radical (unpaired) electrons. The summed E-state index contributed by atoms with van der Waals surface area (Å²) in [6.07, 6.45) is 0.278. The predicted octanol–water partition coefficient (Wildman–Crippen LogP) is 0.736. The fraction of sp³-hybridized carbons (Fsp3) is 0.800. The van der Waals surface area contributed by atoms with Gasteiger partial charge in [-0.15, -0.1) is 0 Å². The Kier molecular flexibility index (Phi) is 7.91. The molecule has 0 fully saturated rings. The molecule has 43 valence electrons. The maximum Gasteiger partial charge on any atom is 0.303 e. The van der Waals surface area contributed by atoms with Gasteiger partial charge in [-0.3, -0.25) is 4.79 Å². The molecule has 0 saturated heterocycles. The molecular formula is C5H10NaO2. The Morgan fingerprint density at radius 2 is 2.00 bits per heavy atom. The van der Waals surface area contributed by atoms with Crippen LogP contribution in [0, 0.1) is 5.92 Å².